The fourth-order valence-electron chi connectivity index (χ4n) is 4.02. The van der Waals surface area contributed by atoms with Crippen molar-refractivity contribution in [2.75, 3.05) is 24.3 Å². The molecule has 0 saturated carbocycles. The Kier molecular flexibility index (Phi) is 6.96. The smallest absolute Gasteiger partial charge is 0.343 e. The average Bonchev–Trinajstić information content (AvgIpc) is 3.22. The maximum absolute atomic E-state index is 13.5. The molecule has 1 fully saturated rings. The fraction of sp³-hybridized carbons (Fsp3) is 0.292. The molecule has 4 aromatic rings. The molecule has 0 bridgehead atoms. The number of para-hydroxylation sites is 1. The first-order valence-corrected chi connectivity index (χ1v) is 13.8. The Morgan fingerprint density at radius 3 is 2.67 bits per heavy atom. The van der Waals surface area contributed by atoms with Crippen LogP contribution in [0.3, 0.4) is 0 Å². The number of ether oxygens (including phenoxy) is 1. The van der Waals surface area contributed by atoms with Crippen molar-refractivity contribution in [1.29, 1.82) is 0 Å². The van der Waals surface area contributed by atoms with Gasteiger partial charge in [-0.15, -0.1) is 5.10 Å². The number of carbonyl (C=O) groups excluding carboxylic acids is 1. The molecule has 36 heavy (non-hydrogen) atoms. The molecule has 4 heterocycles. The van der Waals surface area contributed by atoms with Gasteiger partial charge >= 0.3 is 5.97 Å². The molecule has 0 aliphatic carbocycles. The van der Waals surface area contributed by atoms with E-state index in [-0.39, 0.29) is 17.5 Å². The zero-order chi connectivity index (χ0) is 25.4. The molecular formula is C24H23ClN6O3S2. The highest BCUT2D eigenvalue weighted by molar-refractivity contribution is 8.00. The number of rotatable bonds is 7. The number of aromatic nitrogens is 5. The highest BCUT2D eigenvalue weighted by atomic mass is 35.5. The van der Waals surface area contributed by atoms with Gasteiger partial charge in [0.1, 0.15) is 16.9 Å². The molecule has 1 unspecified atom stereocenters. The summed E-state index contributed by atoms with van der Waals surface area (Å²) in [6, 6.07) is 11.0. The van der Waals surface area contributed by atoms with Gasteiger partial charge < -0.3 is 9.64 Å². The number of hydrogen-bond donors (Lipinski definition) is 0. The van der Waals surface area contributed by atoms with Crippen LogP contribution in [0.1, 0.15) is 29.4 Å². The van der Waals surface area contributed by atoms with Gasteiger partial charge in [-0.1, -0.05) is 53.3 Å². The lowest BCUT2D eigenvalue weighted by atomic mass is 10.1. The molecule has 5 rings (SSSR count). The van der Waals surface area contributed by atoms with Crippen molar-refractivity contribution in [3.8, 4) is 5.69 Å². The van der Waals surface area contributed by atoms with Gasteiger partial charge in [0.15, 0.2) is 10.3 Å². The van der Waals surface area contributed by atoms with Crippen molar-refractivity contribution in [1.82, 2.24) is 24.1 Å². The molecule has 0 spiro atoms. The van der Waals surface area contributed by atoms with Gasteiger partial charge in [0, 0.05) is 12.7 Å². The van der Waals surface area contributed by atoms with Gasteiger partial charge in [-0.3, -0.25) is 9.36 Å². The first kappa shape index (κ1) is 24.7. The number of anilines is 1. The van der Waals surface area contributed by atoms with Gasteiger partial charge in [0.25, 0.3) is 5.56 Å². The molecule has 9 nitrogen and oxygen atoms in total. The summed E-state index contributed by atoms with van der Waals surface area (Å²) >= 11 is 9.16. The van der Waals surface area contributed by atoms with Crippen LogP contribution >= 0.6 is 35.1 Å². The van der Waals surface area contributed by atoms with Crippen molar-refractivity contribution < 1.29 is 9.53 Å². The van der Waals surface area contributed by atoms with E-state index in [1.807, 2.05) is 41.5 Å². The standard InChI is InChI=1S/C24H23ClN6O3S2/c1-4-34-22(33)18-14(2)26-23(35-3)27-20(18)29-12-11-17(29)36-24-28-30-13-10-16(25)19(30)21(32)31(24)15-8-6-5-7-9-15/h5-10,13,17H,4,11-12H2,1-3H3. The molecular weight excluding hydrogens is 520 g/mol. The van der Waals surface area contributed by atoms with E-state index in [0.29, 0.717) is 50.2 Å². The summed E-state index contributed by atoms with van der Waals surface area (Å²) in [7, 11) is 0. The second kappa shape index (κ2) is 10.2. The molecule has 0 amide bonds. The third-order valence-corrected chi connectivity index (χ3v) is 7.90. The average molecular weight is 543 g/mol. The van der Waals surface area contributed by atoms with Gasteiger partial charge in [0.2, 0.25) is 0 Å². The highest BCUT2D eigenvalue weighted by Gasteiger charge is 2.36. The largest absolute Gasteiger partial charge is 0.462 e. The Labute approximate surface area is 220 Å². The van der Waals surface area contributed by atoms with Crippen molar-refractivity contribution in [2.24, 2.45) is 0 Å². The maximum atomic E-state index is 13.5. The molecule has 0 N–H and O–H groups in total. The quantitative estimate of drug-likeness (QED) is 0.190. The number of hydrogen-bond acceptors (Lipinski definition) is 9. The topological polar surface area (TPSA) is 94.6 Å². The normalized spacial score (nSPS) is 15.2. The SMILES string of the molecule is CCOC(=O)c1c(C)nc(SC)nc1N1CCC1Sc1nn2ccc(Cl)c2c(=O)n1-c1ccccc1. The lowest BCUT2D eigenvalue weighted by Crippen LogP contribution is -2.47. The second-order valence-electron chi connectivity index (χ2n) is 7.98. The predicted octanol–water partition coefficient (Wildman–Crippen LogP) is 4.46. The predicted molar refractivity (Wildman–Crippen MR) is 142 cm³/mol. The first-order valence-electron chi connectivity index (χ1n) is 11.3. The van der Waals surface area contributed by atoms with E-state index in [9.17, 15) is 9.59 Å². The number of nitrogens with zero attached hydrogens (tertiary/aromatic N) is 6. The summed E-state index contributed by atoms with van der Waals surface area (Å²) in [6.07, 6.45) is 4.39. The first-order chi connectivity index (χ1) is 17.4. The number of esters is 1. The van der Waals surface area contributed by atoms with Crippen LogP contribution in [0.4, 0.5) is 5.82 Å². The van der Waals surface area contributed by atoms with Crippen LogP contribution in [0.2, 0.25) is 5.02 Å². The monoisotopic (exact) mass is 542 g/mol. The number of benzene rings is 1. The van der Waals surface area contributed by atoms with Crippen LogP contribution in [-0.2, 0) is 4.74 Å². The van der Waals surface area contributed by atoms with E-state index >= 15 is 0 Å². The fourth-order valence-corrected chi connectivity index (χ4v) is 5.87. The molecule has 1 saturated heterocycles. The molecule has 1 aromatic carbocycles. The summed E-state index contributed by atoms with van der Waals surface area (Å²) < 4.78 is 8.40. The summed E-state index contributed by atoms with van der Waals surface area (Å²) in [6.45, 7) is 4.51. The number of fused-ring (bicyclic) bond motifs is 1. The van der Waals surface area contributed by atoms with E-state index in [0.717, 1.165) is 6.42 Å². The number of carbonyl (C=O) groups is 1. The lowest BCUT2D eigenvalue weighted by molar-refractivity contribution is 0.0524. The molecule has 3 aromatic heterocycles. The summed E-state index contributed by atoms with van der Waals surface area (Å²) in [5.74, 6) is 0.0868. The van der Waals surface area contributed by atoms with Gasteiger partial charge in [0.05, 0.1) is 28.4 Å². The van der Waals surface area contributed by atoms with Crippen LogP contribution in [0.25, 0.3) is 11.2 Å². The lowest BCUT2D eigenvalue weighted by Gasteiger charge is -2.42. The van der Waals surface area contributed by atoms with Crippen molar-refractivity contribution in [2.45, 2.75) is 36.0 Å². The zero-order valence-corrected chi connectivity index (χ0v) is 22.2. The Morgan fingerprint density at radius 2 is 2.00 bits per heavy atom. The third-order valence-electron chi connectivity index (χ3n) is 5.81. The van der Waals surface area contributed by atoms with E-state index in [1.54, 1.807) is 30.7 Å². The molecule has 1 aliphatic rings. The van der Waals surface area contributed by atoms with Crippen LogP contribution in [0, 0.1) is 6.92 Å². The maximum Gasteiger partial charge on any atom is 0.343 e. The molecule has 12 heteroatoms. The minimum absolute atomic E-state index is 0.104. The second-order valence-corrected chi connectivity index (χ2v) is 10.3. The van der Waals surface area contributed by atoms with Gasteiger partial charge in [-0.25, -0.2) is 19.3 Å². The van der Waals surface area contributed by atoms with Crippen molar-refractivity contribution in [3.63, 3.8) is 0 Å². The Morgan fingerprint density at radius 1 is 1.22 bits per heavy atom. The number of halogens is 1. The highest BCUT2D eigenvalue weighted by Crippen LogP contribution is 2.39. The van der Waals surface area contributed by atoms with Gasteiger partial charge in [-0.05, 0) is 44.7 Å². The Bertz CT molecular complexity index is 1510. The van der Waals surface area contributed by atoms with Crippen LogP contribution in [0.5, 0.6) is 0 Å². The third kappa shape index (κ3) is 4.35. The number of aryl methyl sites for hydroxylation is 1. The van der Waals surface area contributed by atoms with Crippen LogP contribution in [0.15, 0.2) is 57.7 Å². The molecule has 0 radical (unpaired) electrons. The summed E-state index contributed by atoms with van der Waals surface area (Å²) in [5.41, 5.74) is 1.69. The van der Waals surface area contributed by atoms with E-state index in [1.165, 1.54) is 28.0 Å². The molecule has 1 atom stereocenters. The number of thioether (sulfide) groups is 2. The zero-order valence-electron chi connectivity index (χ0n) is 19.8. The van der Waals surface area contributed by atoms with E-state index in [2.05, 4.69) is 9.97 Å². The molecule has 186 valence electrons. The molecule has 1 aliphatic heterocycles. The Balaban J connectivity index is 1.58. The minimum Gasteiger partial charge on any atom is -0.462 e. The van der Waals surface area contributed by atoms with Crippen molar-refractivity contribution in [3.05, 3.63) is 69.2 Å². The van der Waals surface area contributed by atoms with Crippen molar-refractivity contribution >= 4 is 52.4 Å². The minimum atomic E-state index is -0.448. The van der Waals surface area contributed by atoms with Gasteiger partial charge in [-0.2, -0.15) is 0 Å². The summed E-state index contributed by atoms with van der Waals surface area (Å²) in [5, 5.41) is 6.05. The Hall–Kier alpha value is -3.02. The van der Waals surface area contributed by atoms with E-state index < -0.39 is 5.97 Å². The van der Waals surface area contributed by atoms with Crippen LogP contribution in [-0.4, -0.2) is 54.9 Å². The summed E-state index contributed by atoms with van der Waals surface area (Å²) in [4.78, 5) is 37.5. The van der Waals surface area contributed by atoms with E-state index in [4.69, 9.17) is 21.4 Å². The van der Waals surface area contributed by atoms with Crippen LogP contribution < -0.4 is 10.5 Å².